The quantitative estimate of drug-likeness (QED) is 0.872. The summed E-state index contributed by atoms with van der Waals surface area (Å²) in [5.41, 5.74) is 3.46. The molecule has 0 spiro atoms. The highest BCUT2D eigenvalue weighted by Gasteiger charge is 2.06. The Bertz CT molecular complexity index is 567. The lowest BCUT2D eigenvalue weighted by Crippen LogP contribution is -2.06. The molecule has 0 aliphatic heterocycles. The first-order chi connectivity index (χ1) is 9.78. The van der Waals surface area contributed by atoms with Gasteiger partial charge in [0.15, 0.2) is 0 Å². The first-order valence-electron chi connectivity index (χ1n) is 6.83. The molecule has 3 heteroatoms. The molecule has 0 radical (unpaired) electrons. The fourth-order valence-electron chi connectivity index (χ4n) is 2.22. The fourth-order valence-corrected chi connectivity index (χ4v) is 2.22. The molecule has 2 aromatic rings. The van der Waals surface area contributed by atoms with Gasteiger partial charge in [0, 0.05) is 12.1 Å². The Hall–Kier alpha value is -2.00. The SMILES string of the molecule is CCOc1cccc(-c2ccc(OC)c(CNC)c2)c1. The van der Waals surface area contributed by atoms with Gasteiger partial charge in [-0.1, -0.05) is 18.2 Å². The number of hydrogen-bond donors (Lipinski definition) is 1. The molecule has 0 atom stereocenters. The van der Waals surface area contributed by atoms with Crippen LogP contribution in [-0.2, 0) is 6.54 Å². The molecule has 0 aliphatic carbocycles. The van der Waals surface area contributed by atoms with Crippen molar-refractivity contribution in [1.82, 2.24) is 5.32 Å². The van der Waals surface area contributed by atoms with Crippen LogP contribution in [0.5, 0.6) is 11.5 Å². The van der Waals surface area contributed by atoms with E-state index in [0.717, 1.165) is 34.7 Å². The number of ether oxygens (including phenoxy) is 2. The molecule has 1 N–H and O–H groups in total. The topological polar surface area (TPSA) is 30.5 Å². The Balaban J connectivity index is 2.36. The lowest BCUT2D eigenvalue weighted by atomic mass is 10.0. The predicted molar refractivity (Wildman–Crippen MR) is 82.4 cm³/mol. The Labute approximate surface area is 120 Å². The van der Waals surface area contributed by atoms with E-state index < -0.39 is 0 Å². The average Bonchev–Trinajstić information content (AvgIpc) is 2.48. The van der Waals surface area contributed by atoms with E-state index in [1.807, 2.05) is 32.2 Å². The van der Waals surface area contributed by atoms with E-state index in [1.165, 1.54) is 0 Å². The van der Waals surface area contributed by atoms with Crippen LogP contribution in [0.4, 0.5) is 0 Å². The van der Waals surface area contributed by atoms with Crippen LogP contribution >= 0.6 is 0 Å². The molecule has 0 aliphatic rings. The van der Waals surface area contributed by atoms with Crippen molar-refractivity contribution in [2.75, 3.05) is 20.8 Å². The molecule has 0 saturated carbocycles. The van der Waals surface area contributed by atoms with Crippen molar-refractivity contribution in [3.63, 3.8) is 0 Å². The second-order valence-corrected chi connectivity index (χ2v) is 4.52. The van der Waals surface area contributed by atoms with Gasteiger partial charge in [-0.15, -0.1) is 0 Å². The smallest absolute Gasteiger partial charge is 0.123 e. The molecule has 0 saturated heterocycles. The minimum absolute atomic E-state index is 0.678. The summed E-state index contributed by atoms with van der Waals surface area (Å²) in [6.07, 6.45) is 0. The zero-order valence-corrected chi connectivity index (χ0v) is 12.3. The van der Waals surface area contributed by atoms with E-state index in [1.54, 1.807) is 7.11 Å². The van der Waals surface area contributed by atoms with Crippen molar-refractivity contribution in [2.24, 2.45) is 0 Å². The summed E-state index contributed by atoms with van der Waals surface area (Å²) in [6.45, 7) is 3.45. The highest BCUT2D eigenvalue weighted by Crippen LogP contribution is 2.28. The van der Waals surface area contributed by atoms with Crippen LogP contribution in [0.25, 0.3) is 11.1 Å². The molecule has 0 amide bonds. The van der Waals surface area contributed by atoms with Crippen molar-refractivity contribution in [3.8, 4) is 22.6 Å². The molecule has 2 rings (SSSR count). The monoisotopic (exact) mass is 271 g/mol. The van der Waals surface area contributed by atoms with Crippen LogP contribution in [0.3, 0.4) is 0 Å². The van der Waals surface area contributed by atoms with Gasteiger partial charge < -0.3 is 14.8 Å². The maximum atomic E-state index is 5.55. The molecule has 20 heavy (non-hydrogen) atoms. The summed E-state index contributed by atoms with van der Waals surface area (Å²) in [6, 6.07) is 14.4. The second-order valence-electron chi connectivity index (χ2n) is 4.52. The first kappa shape index (κ1) is 14.4. The van der Waals surface area contributed by atoms with Crippen LogP contribution in [0.1, 0.15) is 12.5 Å². The summed E-state index contributed by atoms with van der Waals surface area (Å²) in [4.78, 5) is 0. The highest BCUT2D eigenvalue weighted by atomic mass is 16.5. The van der Waals surface area contributed by atoms with Gasteiger partial charge in [-0.25, -0.2) is 0 Å². The van der Waals surface area contributed by atoms with Gasteiger partial charge in [0.1, 0.15) is 11.5 Å². The van der Waals surface area contributed by atoms with Crippen molar-refractivity contribution in [2.45, 2.75) is 13.5 Å². The molecule has 0 unspecified atom stereocenters. The van der Waals surface area contributed by atoms with Gasteiger partial charge >= 0.3 is 0 Å². The second kappa shape index (κ2) is 6.96. The molecule has 0 aromatic heterocycles. The number of rotatable bonds is 6. The number of methoxy groups -OCH3 is 1. The van der Waals surface area contributed by atoms with Crippen molar-refractivity contribution in [3.05, 3.63) is 48.0 Å². The van der Waals surface area contributed by atoms with E-state index in [9.17, 15) is 0 Å². The van der Waals surface area contributed by atoms with Gasteiger partial charge in [-0.2, -0.15) is 0 Å². The molecule has 3 nitrogen and oxygen atoms in total. The number of hydrogen-bond acceptors (Lipinski definition) is 3. The van der Waals surface area contributed by atoms with Crippen LogP contribution in [0.2, 0.25) is 0 Å². The van der Waals surface area contributed by atoms with Crippen LogP contribution in [-0.4, -0.2) is 20.8 Å². The van der Waals surface area contributed by atoms with Gasteiger partial charge in [0.2, 0.25) is 0 Å². The third-order valence-electron chi connectivity index (χ3n) is 3.13. The molecular formula is C17H21NO2. The lowest BCUT2D eigenvalue weighted by Gasteiger charge is -2.11. The maximum Gasteiger partial charge on any atom is 0.123 e. The van der Waals surface area contributed by atoms with Crippen LogP contribution in [0, 0.1) is 0 Å². The van der Waals surface area contributed by atoms with Gasteiger partial charge in [0.25, 0.3) is 0 Å². The number of benzene rings is 2. The summed E-state index contributed by atoms with van der Waals surface area (Å²) < 4.78 is 10.9. The Morgan fingerprint density at radius 2 is 1.85 bits per heavy atom. The predicted octanol–water partition coefficient (Wildman–Crippen LogP) is 3.48. The fraction of sp³-hybridized carbons (Fsp3) is 0.294. The Morgan fingerprint density at radius 1 is 1.05 bits per heavy atom. The number of nitrogens with one attached hydrogen (secondary N) is 1. The average molecular weight is 271 g/mol. The lowest BCUT2D eigenvalue weighted by molar-refractivity contribution is 0.340. The van der Waals surface area contributed by atoms with Gasteiger partial charge in [-0.05, 0) is 49.4 Å². The van der Waals surface area contributed by atoms with Crippen molar-refractivity contribution in [1.29, 1.82) is 0 Å². The normalized spacial score (nSPS) is 10.3. The third-order valence-corrected chi connectivity index (χ3v) is 3.13. The summed E-state index contributed by atoms with van der Waals surface area (Å²) in [5, 5.41) is 3.16. The molecule has 106 valence electrons. The van der Waals surface area contributed by atoms with E-state index in [4.69, 9.17) is 9.47 Å². The molecule has 2 aromatic carbocycles. The van der Waals surface area contributed by atoms with E-state index in [-0.39, 0.29) is 0 Å². The maximum absolute atomic E-state index is 5.55. The van der Waals surface area contributed by atoms with Crippen molar-refractivity contribution >= 4 is 0 Å². The minimum Gasteiger partial charge on any atom is -0.496 e. The Kier molecular flexibility index (Phi) is 5.02. The summed E-state index contributed by atoms with van der Waals surface area (Å²) >= 11 is 0. The van der Waals surface area contributed by atoms with Crippen LogP contribution < -0.4 is 14.8 Å². The molecule has 0 fully saturated rings. The van der Waals surface area contributed by atoms with E-state index in [0.29, 0.717) is 6.61 Å². The van der Waals surface area contributed by atoms with E-state index >= 15 is 0 Å². The van der Waals surface area contributed by atoms with E-state index in [2.05, 4.69) is 29.6 Å². The van der Waals surface area contributed by atoms with Crippen LogP contribution in [0.15, 0.2) is 42.5 Å². The van der Waals surface area contributed by atoms with Crippen molar-refractivity contribution < 1.29 is 9.47 Å². The zero-order chi connectivity index (χ0) is 14.4. The third kappa shape index (κ3) is 3.31. The zero-order valence-electron chi connectivity index (χ0n) is 12.3. The molecule has 0 heterocycles. The van der Waals surface area contributed by atoms with Gasteiger partial charge in [-0.3, -0.25) is 0 Å². The summed E-state index contributed by atoms with van der Waals surface area (Å²) in [7, 11) is 3.63. The molecule has 0 bridgehead atoms. The Morgan fingerprint density at radius 3 is 2.55 bits per heavy atom. The standard InChI is InChI=1S/C17H21NO2/c1-4-20-16-7-5-6-13(11-16)14-8-9-17(19-3)15(10-14)12-18-2/h5-11,18H,4,12H2,1-3H3. The highest BCUT2D eigenvalue weighted by molar-refractivity contribution is 5.67. The van der Waals surface area contributed by atoms with Gasteiger partial charge in [0.05, 0.1) is 13.7 Å². The minimum atomic E-state index is 0.678. The summed E-state index contributed by atoms with van der Waals surface area (Å²) in [5.74, 6) is 1.81. The largest absolute Gasteiger partial charge is 0.496 e. The molecular weight excluding hydrogens is 250 g/mol. The first-order valence-corrected chi connectivity index (χ1v) is 6.83.